The summed E-state index contributed by atoms with van der Waals surface area (Å²) in [4.78, 5) is 21.1. The van der Waals surface area contributed by atoms with Gasteiger partial charge >= 0.3 is 0 Å². The molecule has 0 amide bonds. The van der Waals surface area contributed by atoms with E-state index in [9.17, 15) is 4.79 Å². The van der Waals surface area contributed by atoms with E-state index < -0.39 is 0 Å². The van der Waals surface area contributed by atoms with Gasteiger partial charge in [0.25, 0.3) is 5.56 Å². The molecular formula is C10H6ClN3O. The molecule has 5 heteroatoms. The summed E-state index contributed by atoms with van der Waals surface area (Å²) in [7, 11) is 0. The molecule has 0 fully saturated rings. The maximum Gasteiger partial charge on any atom is 0.275 e. The molecule has 74 valence electrons. The number of rotatable bonds is 0. The number of hydrogen-bond acceptors (Lipinski definition) is 2. The van der Waals surface area contributed by atoms with Gasteiger partial charge in [0.05, 0.1) is 6.33 Å². The van der Waals surface area contributed by atoms with E-state index in [1.54, 1.807) is 12.1 Å². The zero-order valence-corrected chi connectivity index (χ0v) is 8.30. The number of benzene rings is 1. The third-order valence-electron chi connectivity index (χ3n) is 2.35. The average molecular weight is 220 g/mol. The fourth-order valence-electron chi connectivity index (χ4n) is 1.68. The van der Waals surface area contributed by atoms with E-state index in [0.717, 1.165) is 10.9 Å². The molecule has 0 aliphatic rings. The van der Waals surface area contributed by atoms with Gasteiger partial charge in [-0.3, -0.25) is 4.79 Å². The SMILES string of the molecule is O=c1[nH]cnc2c1[nH]c1ccc(Cl)cc12. The van der Waals surface area contributed by atoms with Crippen molar-refractivity contribution in [1.29, 1.82) is 0 Å². The van der Waals surface area contributed by atoms with Crippen molar-refractivity contribution >= 4 is 33.5 Å². The van der Waals surface area contributed by atoms with Crippen LogP contribution in [0.1, 0.15) is 0 Å². The van der Waals surface area contributed by atoms with Crippen LogP contribution in [0.5, 0.6) is 0 Å². The Bertz CT molecular complexity index is 713. The van der Waals surface area contributed by atoms with Gasteiger partial charge in [0, 0.05) is 15.9 Å². The normalized spacial score (nSPS) is 11.3. The molecule has 0 unspecified atom stereocenters. The van der Waals surface area contributed by atoms with Gasteiger partial charge in [0.15, 0.2) is 0 Å². The van der Waals surface area contributed by atoms with Crippen molar-refractivity contribution in [3.05, 3.63) is 39.9 Å². The number of hydrogen-bond donors (Lipinski definition) is 2. The Kier molecular flexibility index (Phi) is 1.61. The van der Waals surface area contributed by atoms with E-state index in [1.165, 1.54) is 6.33 Å². The smallest absolute Gasteiger partial charge is 0.275 e. The van der Waals surface area contributed by atoms with Crippen molar-refractivity contribution in [2.24, 2.45) is 0 Å². The number of nitrogens with zero attached hydrogens (tertiary/aromatic N) is 1. The van der Waals surface area contributed by atoms with E-state index in [2.05, 4.69) is 15.0 Å². The van der Waals surface area contributed by atoms with Crippen LogP contribution in [0.25, 0.3) is 21.9 Å². The van der Waals surface area contributed by atoms with E-state index in [1.807, 2.05) is 6.07 Å². The molecule has 0 aliphatic carbocycles. The summed E-state index contributed by atoms with van der Waals surface area (Å²) < 4.78 is 0. The molecular weight excluding hydrogens is 214 g/mol. The number of halogens is 1. The second kappa shape index (κ2) is 2.84. The zero-order chi connectivity index (χ0) is 10.4. The standard InChI is InChI=1S/C10H6ClN3O/c11-5-1-2-7-6(3-5)8-9(14-7)10(15)13-4-12-8/h1-4,14H,(H,12,13,15). The molecule has 1 aromatic carbocycles. The first kappa shape index (κ1) is 8.49. The van der Waals surface area contributed by atoms with Gasteiger partial charge in [-0.25, -0.2) is 4.98 Å². The molecule has 2 N–H and O–H groups in total. The lowest BCUT2D eigenvalue weighted by molar-refractivity contribution is 1.17. The first-order valence-corrected chi connectivity index (χ1v) is 4.78. The molecule has 0 spiro atoms. The van der Waals surface area contributed by atoms with Crippen LogP contribution in [0.15, 0.2) is 29.3 Å². The highest BCUT2D eigenvalue weighted by Gasteiger charge is 2.07. The van der Waals surface area contributed by atoms with Gasteiger partial charge in [0.1, 0.15) is 11.0 Å². The maximum absolute atomic E-state index is 11.5. The largest absolute Gasteiger partial charge is 0.349 e. The number of aromatic nitrogens is 3. The third kappa shape index (κ3) is 1.15. The lowest BCUT2D eigenvalue weighted by Gasteiger charge is -1.90. The molecule has 0 radical (unpaired) electrons. The van der Waals surface area contributed by atoms with E-state index in [-0.39, 0.29) is 5.56 Å². The van der Waals surface area contributed by atoms with Crippen molar-refractivity contribution < 1.29 is 0 Å². The topological polar surface area (TPSA) is 61.5 Å². The van der Waals surface area contributed by atoms with E-state index in [0.29, 0.717) is 16.1 Å². The van der Waals surface area contributed by atoms with Crippen molar-refractivity contribution in [3.8, 4) is 0 Å². The zero-order valence-electron chi connectivity index (χ0n) is 7.54. The summed E-state index contributed by atoms with van der Waals surface area (Å²) in [5, 5.41) is 1.49. The Hall–Kier alpha value is -1.81. The number of nitrogens with one attached hydrogen (secondary N) is 2. The first-order chi connectivity index (χ1) is 7.25. The van der Waals surface area contributed by atoms with Crippen molar-refractivity contribution in [2.45, 2.75) is 0 Å². The monoisotopic (exact) mass is 219 g/mol. The molecule has 4 nitrogen and oxygen atoms in total. The molecule has 2 heterocycles. The average Bonchev–Trinajstić information content (AvgIpc) is 2.58. The minimum Gasteiger partial charge on any atom is -0.349 e. The summed E-state index contributed by atoms with van der Waals surface area (Å²) in [5.74, 6) is 0. The van der Waals surface area contributed by atoms with Crippen LogP contribution in [0.3, 0.4) is 0 Å². The van der Waals surface area contributed by atoms with Crippen LogP contribution in [-0.4, -0.2) is 15.0 Å². The maximum atomic E-state index is 11.5. The highest BCUT2D eigenvalue weighted by Crippen LogP contribution is 2.24. The van der Waals surface area contributed by atoms with Crippen molar-refractivity contribution in [2.75, 3.05) is 0 Å². The van der Waals surface area contributed by atoms with Crippen LogP contribution in [0.4, 0.5) is 0 Å². The predicted octanol–water partition coefficient (Wildman–Crippen LogP) is 2.06. The molecule has 0 saturated carbocycles. The fourth-order valence-corrected chi connectivity index (χ4v) is 1.85. The number of fused-ring (bicyclic) bond motifs is 3. The Morgan fingerprint density at radius 1 is 1.33 bits per heavy atom. The summed E-state index contributed by atoms with van der Waals surface area (Å²) in [6.07, 6.45) is 1.39. The molecule has 0 atom stereocenters. The minimum absolute atomic E-state index is 0.174. The lowest BCUT2D eigenvalue weighted by atomic mass is 10.2. The Morgan fingerprint density at radius 2 is 2.20 bits per heavy atom. The Morgan fingerprint density at radius 3 is 3.07 bits per heavy atom. The van der Waals surface area contributed by atoms with Gasteiger partial charge < -0.3 is 9.97 Å². The van der Waals surface area contributed by atoms with E-state index in [4.69, 9.17) is 11.6 Å². The molecule has 0 saturated heterocycles. The highest BCUT2D eigenvalue weighted by atomic mass is 35.5. The van der Waals surface area contributed by atoms with Gasteiger partial charge in [-0.15, -0.1) is 0 Å². The fraction of sp³-hybridized carbons (Fsp3) is 0. The minimum atomic E-state index is -0.174. The number of H-pyrrole nitrogens is 2. The van der Waals surface area contributed by atoms with Gasteiger partial charge in [-0.2, -0.15) is 0 Å². The van der Waals surface area contributed by atoms with Crippen LogP contribution in [-0.2, 0) is 0 Å². The van der Waals surface area contributed by atoms with Crippen LogP contribution >= 0.6 is 11.6 Å². The Labute approximate surface area is 88.9 Å². The van der Waals surface area contributed by atoms with E-state index >= 15 is 0 Å². The van der Waals surface area contributed by atoms with Gasteiger partial charge in [0.2, 0.25) is 0 Å². The molecule has 15 heavy (non-hydrogen) atoms. The summed E-state index contributed by atoms with van der Waals surface area (Å²) in [6, 6.07) is 5.40. The van der Waals surface area contributed by atoms with Crippen LogP contribution < -0.4 is 5.56 Å². The van der Waals surface area contributed by atoms with Gasteiger partial charge in [-0.1, -0.05) is 11.6 Å². The second-order valence-corrected chi connectivity index (χ2v) is 3.71. The second-order valence-electron chi connectivity index (χ2n) is 3.27. The molecule has 0 aliphatic heterocycles. The summed E-state index contributed by atoms with van der Waals surface area (Å²) in [6.45, 7) is 0. The van der Waals surface area contributed by atoms with Gasteiger partial charge in [-0.05, 0) is 18.2 Å². The highest BCUT2D eigenvalue weighted by molar-refractivity contribution is 6.31. The number of aromatic amines is 2. The third-order valence-corrected chi connectivity index (χ3v) is 2.58. The predicted molar refractivity (Wildman–Crippen MR) is 59.2 cm³/mol. The molecule has 2 aromatic heterocycles. The summed E-state index contributed by atoms with van der Waals surface area (Å²) >= 11 is 5.89. The summed E-state index contributed by atoms with van der Waals surface area (Å²) in [5.41, 5.74) is 1.82. The first-order valence-electron chi connectivity index (χ1n) is 4.40. The molecule has 3 rings (SSSR count). The molecule has 3 aromatic rings. The van der Waals surface area contributed by atoms with Crippen molar-refractivity contribution in [1.82, 2.24) is 15.0 Å². The van der Waals surface area contributed by atoms with Crippen LogP contribution in [0, 0.1) is 0 Å². The Balaban J connectivity index is 2.64. The quantitative estimate of drug-likeness (QED) is 0.608. The van der Waals surface area contributed by atoms with Crippen molar-refractivity contribution in [3.63, 3.8) is 0 Å². The lowest BCUT2D eigenvalue weighted by Crippen LogP contribution is -2.05. The molecule has 0 bridgehead atoms. The van der Waals surface area contributed by atoms with Crippen LogP contribution in [0.2, 0.25) is 5.02 Å².